The van der Waals surface area contributed by atoms with Gasteiger partial charge in [-0.2, -0.15) is 8.78 Å². The third kappa shape index (κ3) is 4.84. The average Bonchev–Trinajstić information content (AvgIpc) is 2.64. The zero-order valence-corrected chi connectivity index (χ0v) is 15.6. The van der Waals surface area contributed by atoms with Gasteiger partial charge in [-0.05, 0) is 18.2 Å². The lowest BCUT2D eigenvalue weighted by atomic mass is 10.1. The quantitative estimate of drug-likeness (QED) is 0.439. The Morgan fingerprint density at radius 1 is 1.15 bits per heavy atom. The topological polar surface area (TPSA) is 64.1 Å². The number of fused-ring (bicyclic) bond motifs is 1. The first kappa shape index (κ1) is 18.4. The second-order valence-electron chi connectivity index (χ2n) is 5.43. The molecule has 3 aromatic rings. The van der Waals surface area contributed by atoms with Gasteiger partial charge in [0.2, 0.25) is 5.88 Å². The standard InChI is InChI=1S/C18H14F2IN3O2/c19-18(20,21)11-26-15-8-2-6-13(24-15)10-23-17(25)14-7-1-4-12-5-3-9-22-16(12)14/h1-9H,10-11H2,(H,23,25). The van der Waals surface area contributed by atoms with E-state index in [1.165, 1.54) is 6.07 Å². The van der Waals surface area contributed by atoms with Crippen molar-refractivity contribution in [1.82, 2.24) is 15.3 Å². The summed E-state index contributed by atoms with van der Waals surface area (Å²) in [5.74, 6) is -0.207. The Bertz CT molecular complexity index is 926. The van der Waals surface area contributed by atoms with Crippen molar-refractivity contribution in [3.05, 3.63) is 66.0 Å². The summed E-state index contributed by atoms with van der Waals surface area (Å²) in [4.78, 5) is 20.8. The molecule has 134 valence electrons. The molecule has 1 aromatic carbocycles. The maximum absolute atomic E-state index is 12.8. The Hall–Kier alpha value is -2.36. The number of hydrogen-bond acceptors (Lipinski definition) is 4. The van der Waals surface area contributed by atoms with Crippen molar-refractivity contribution in [2.75, 3.05) is 6.61 Å². The summed E-state index contributed by atoms with van der Waals surface area (Å²) in [6, 6.07) is 13.8. The van der Waals surface area contributed by atoms with Gasteiger partial charge in [0.15, 0.2) is 6.61 Å². The van der Waals surface area contributed by atoms with Gasteiger partial charge in [-0.15, -0.1) is 0 Å². The zero-order valence-electron chi connectivity index (χ0n) is 13.5. The summed E-state index contributed by atoms with van der Waals surface area (Å²) in [5, 5.41) is 3.63. The lowest BCUT2D eigenvalue weighted by Gasteiger charge is -2.11. The molecular weight excluding hydrogens is 455 g/mol. The Kier molecular flexibility index (Phi) is 5.60. The van der Waals surface area contributed by atoms with Crippen LogP contribution in [0, 0.1) is 0 Å². The second kappa shape index (κ2) is 7.90. The van der Waals surface area contributed by atoms with Crippen LogP contribution in [0.4, 0.5) is 8.78 Å². The van der Waals surface area contributed by atoms with E-state index in [1.807, 2.05) is 12.1 Å². The molecule has 0 radical (unpaired) electrons. The summed E-state index contributed by atoms with van der Waals surface area (Å²) in [6.07, 6.45) is 1.63. The van der Waals surface area contributed by atoms with Gasteiger partial charge >= 0.3 is 3.93 Å². The number of alkyl halides is 3. The Labute approximate surface area is 161 Å². The van der Waals surface area contributed by atoms with Gasteiger partial charge in [-0.1, -0.05) is 24.3 Å². The number of nitrogens with zero attached hydrogens (tertiary/aromatic N) is 2. The zero-order chi connectivity index (χ0) is 18.6. The molecule has 2 heterocycles. The summed E-state index contributed by atoms with van der Waals surface area (Å²) in [7, 11) is 0. The largest absolute Gasteiger partial charge is 0.470 e. The number of benzene rings is 1. The number of carbonyl (C=O) groups excluding carboxylic acids is 1. The maximum atomic E-state index is 12.8. The summed E-state index contributed by atoms with van der Waals surface area (Å²) >= 11 is 1.00. The molecule has 0 bridgehead atoms. The molecule has 26 heavy (non-hydrogen) atoms. The summed E-state index contributed by atoms with van der Waals surface area (Å²) in [5.41, 5.74) is 1.57. The Morgan fingerprint density at radius 3 is 2.73 bits per heavy atom. The van der Waals surface area contributed by atoms with Crippen LogP contribution in [-0.2, 0) is 6.54 Å². The number of pyridine rings is 2. The van der Waals surface area contributed by atoms with Gasteiger partial charge in [0, 0.05) is 40.2 Å². The van der Waals surface area contributed by atoms with Crippen LogP contribution in [0.5, 0.6) is 5.88 Å². The fraction of sp³-hybridized carbons (Fsp3) is 0.167. The SMILES string of the molecule is O=C(NCc1cccc(OCC(F)(F)I)n1)c1cccc2cccnc12. The van der Waals surface area contributed by atoms with Gasteiger partial charge in [-0.25, -0.2) is 4.98 Å². The first-order valence-corrected chi connectivity index (χ1v) is 8.78. The third-order valence-corrected chi connectivity index (χ3v) is 3.78. The van der Waals surface area contributed by atoms with Crippen LogP contribution >= 0.6 is 22.6 Å². The fourth-order valence-electron chi connectivity index (χ4n) is 2.35. The molecule has 8 heteroatoms. The minimum absolute atomic E-state index is 0.0833. The molecule has 0 spiro atoms. The molecule has 0 atom stereocenters. The van der Waals surface area contributed by atoms with Crippen LogP contribution in [0.25, 0.3) is 10.9 Å². The number of amides is 1. The molecule has 1 amide bonds. The lowest BCUT2D eigenvalue weighted by Crippen LogP contribution is -2.24. The number of para-hydroxylation sites is 1. The summed E-state index contributed by atoms with van der Waals surface area (Å²) < 4.78 is 27.7. The number of hydrogen-bond donors (Lipinski definition) is 1. The van der Waals surface area contributed by atoms with Crippen molar-refractivity contribution in [3.8, 4) is 5.88 Å². The highest BCUT2D eigenvalue weighted by Crippen LogP contribution is 2.23. The van der Waals surface area contributed by atoms with Crippen LogP contribution in [0.2, 0.25) is 0 Å². The molecule has 2 aromatic heterocycles. The molecule has 0 aliphatic heterocycles. The molecule has 5 nitrogen and oxygen atoms in total. The molecule has 0 unspecified atom stereocenters. The van der Waals surface area contributed by atoms with Gasteiger partial charge in [-0.3, -0.25) is 9.78 Å². The third-order valence-electron chi connectivity index (χ3n) is 3.47. The number of rotatable bonds is 6. The number of halogens is 3. The van der Waals surface area contributed by atoms with Crippen molar-refractivity contribution in [3.63, 3.8) is 0 Å². The number of carbonyl (C=O) groups is 1. The normalized spacial score (nSPS) is 11.3. The van der Waals surface area contributed by atoms with Crippen molar-refractivity contribution >= 4 is 39.4 Å². The van der Waals surface area contributed by atoms with Gasteiger partial charge in [0.1, 0.15) is 0 Å². The van der Waals surface area contributed by atoms with E-state index in [1.54, 1.807) is 36.5 Å². The van der Waals surface area contributed by atoms with E-state index in [9.17, 15) is 13.6 Å². The Balaban J connectivity index is 1.68. The first-order chi connectivity index (χ1) is 12.4. The fourth-order valence-corrected chi connectivity index (χ4v) is 2.50. The molecule has 0 saturated carbocycles. The van der Waals surface area contributed by atoms with Crippen LogP contribution < -0.4 is 10.1 Å². The average molecular weight is 469 g/mol. The number of ether oxygens (including phenoxy) is 1. The highest BCUT2D eigenvalue weighted by Gasteiger charge is 2.25. The first-order valence-electron chi connectivity index (χ1n) is 7.70. The minimum atomic E-state index is -2.97. The van der Waals surface area contributed by atoms with E-state index in [-0.39, 0.29) is 18.3 Å². The van der Waals surface area contributed by atoms with Crippen LogP contribution in [0.15, 0.2) is 54.7 Å². The molecule has 3 rings (SSSR count). The second-order valence-corrected chi connectivity index (χ2v) is 7.01. The smallest absolute Gasteiger partial charge is 0.329 e. The molecule has 0 fully saturated rings. The van der Waals surface area contributed by atoms with Gasteiger partial charge in [0.05, 0.1) is 23.3 Å². The monoisotopic (exact) mass is 469 g/mol. The minimum Gasteiger partial charge on any atom is -0.470 e. The van der Waals surface area contributed by atoms with E-state index in [0.29, 0.717) is 16.8 Å². The maximum Gasteiger partial charge on any atom is 0.329 e. The number of aromatic nitrogens is 2. The van der Waals surface area contributed by atoms with Crippen molar-refractivity contribution in [2.45, 2.75) is 10.5 Å². The molecule has 1 N–H and O–H groups in total. The van der Waals surface area contributed by atoms with E-state index < -0.39 is 10.5 Å². The highest BCUT2D eigenvalue weighted by molar-refractivity contribution is 14.1. The molecule has 0 aliphatic rings. The highest BCUT2D eigenvalue weighted by atomic mass is 127. The molecular formula is C18H14F2IN3O2. The molecule has 0 aliphatic carbocycles. The van der Waals surface area contributed by atoms with Crippen molar-refractivity contribution in [2.24, 2.45) is 0 Å². The lowest BCUT2D eigenvalue weighted by molar-refractivity contribution is 0.0625. The summed E-state index contributed by atoms with van der Waals surface area (Å²) in [6.45, 7) is -0.627. The predicted octanol–water partition coefficient (Wildman–Crippen LogP) is 3.97. The number of nitrogens with one attached hydrogen (secondary N) is 1. The van der Waals surface area contributed by atoms with Crippen LogP contribution in [0.3, 0.4) is 0 Å². The van der Waals surface area contributed by atoms with Gasteiger partial charge in [0.25, 0.3) is 5.91 Å². The van der Waals surface area contributed by atoms with Crippen LogP contribution in [-0.4, -0.2) is 26.4 Å². The van der Waals surface area contributed by atoms with E-state index >= 15 is 0 Å². The van der Waals surface area contributed by atoms with E-state index in [4.69, 9.17) is 4.74 Å². The molecule has 0 saturated heterocycles. The van der Waals surface area contributed by atoms with Crippen molar-refractivity contribution < 1.29 is 18.3 Å². The van der Waals surface area contributed by atoms with Crippen molar-refractivity contribution in [1.29, 1.82) is 0 Å². The van der Waals surface area contributed by atoms with E-state index in [0.717, 1.165) is 28.0 Å². The predicted molar refractivity (Wildman–Crippen MR) is 102 cm³/mol. The Morgan fingerprint density at radius 2 is 1.92 bits per heavy atom. The van der Waals surface area contributed by atoms with E-state index in [2.05, 4.69) is 15.3 Å². The van der Waals surface area contributed by atoms with Crippen LogP contribution in [0.1, 0.15) is 16.1 Å². The van der Waals surface area contributed by atoms with Gasteiger partial charge < -0.3 is 10.1 Å².